The van der Waals surface area contributed by atoms with E-state index in [1.54, 1.807) is 11.0 Å². The molecule has 0 saturated carbocycles. The maximum atomic E-state index is 12.9. The minimum absolute atomic E-state index is 0.133. The third kappa shape index (κ3) is 3.02. The monoisotopic (exact) mass is 408 g/mol. The number of hydrogen-bond donors (Lipinski definition) is 0. The summed E-state index contributed by atoms with van der Waals surface area (Å²) in [7, 11) is 0. The fraction of sp³-hybridized carbons (Fsp3) is 0.455. The number of amides is 1. The first-order valence-electron chi connectivity index (χ1n) is 10.3. The Labute approximate surface area is 174 Å². The molecule has 0 bridgehead atoms. The van der Waals surface area contributed by atoms with Crippen molar-refractivity contribution in [3.05, 3.63) is 63.9 Å². The van der Waals surface area contributed by atoms with Crippen LogP contribution in [0, 0.1) is 13.8 Å². The topological polar surface area (TPSA) is 94.5 Å². The predicted molar refractivity (Wildman–Crippen MR) is 106 cm³/mol. The third-order valence-electron chi connectivity index (χ3n) is 5.95. The molecule has 1 spiro atoms. The number of fused-ring (bicyclic) bond motifs is 2. The van der Waals surface area contributed by atoms with E-state index in [0.717, 1.165) is 46.9 Å². The Morgan fingerprint density at radius 3 is 2.83 bits per heavy atom. The summed E-state index contributed by atoms with van der Waals surface area (Å²) in [5, 5.41) is 3.96. The smallest absolute Gasteiger partial charge is 0.289 e. The van der Waals surface area contributed by atoms with Gasteiger partial charge in [-0.25, -0.2) is 9.97 Å². The average molecular weight is 408 g/mol. The summed E-state index contributed by atoms with van der Waals surface area (Å²) >= 11 is 0. The lowest BCUT2D eigenvalue weighted by molar-refractivity contribution is -0.127. The van der Waals surface area contributed by atoms with Crippen LogP contribution in [0.3, 0.4) is 0 Å². The number of aromatic nitrogens is 3. The molecule has 156 valence electrons. The highest BCUT2D eigenvalue weighted by molar-refractivity contribution is 5.92. The Hall–Kier alpha value is -3.00. The van der Waals surface area contributed by atoms with E-state index < -0.39 is 5.60 Å². The van der Waals surface area contributed by atoms with Crippen molar-refractivity contribution < 1.29 is 18.5 Å². The summed E-state index contributed by atoms with van der Waals surface area (Å²) in [6.45, 7) is 7.31. The average Bonchev–Trinajstić information content (AvgIpc) is 3.40. The summed E-state index contributed by atoms with van der Waals surface area (Å²) in [4.78, 5) is 23.7. The molecule has 8 nitrogen and oxygen atoms in total. The molecule has 3 aromatic rings. The van der Waals surface area contributed by atoms with Gasteiger partial charge in [-0.15, -0.1) is 0 Å². The molecule has 30 heavy (non-hydrogen) atoms. The van der Waals surface area contributed by atoms with E-state index in [9.17, 15) is 4.79 Å². The first-order valence-corrected chi connectivity index (χ1v) is 10.3. The first kappa shape index (κ1) is 19.0. The van der Waals surface area contributed by atoms with Gasteiger partial charge in [-0.05, 0) is 32.4 Å². The Morgan fingerprint density at radius 2 is 2.10 bits per heavy atom. The van der Waals surface area contributed by atoms with Crippen LogP contribution in [0.25, 0.3) is 0 Å². The Bertz CT molecular complexity index is 1090. The third-order valence-corrected chi connectivity index (χ3v) is 5.95. The first-order chi connectivity index (χ1) is 14.5. The molecule has 1 amide bonds. The molecular weight excluding hydrogens is 384 g/mol. The second-order valence-electron chi connectivity index (χ2n) is 8.09. The number of likely N-dealkylation sites (tertiary alicyclic amines) is 1. The van der Waals surface area contributed by atoms with E-state index in [1.165, 1.54) is 0 Å². The molecule has 0 radical (unpaired) electrons. The maximum Gasteiger partial charge on any atom is 0.289 e. The molecule has 0 unspecified atom stereocenters. The van der Waals surface area contributed by atoms with Crippen molar-refractivity contribution >= 4 is 5.91 Å². The minimum atomic E-state index is -0.484. The fourth-order valence-electron chi connectivity index (χ4n) is 4.23. The van der Waals surface area contributed by atoms with E-state index in [1.807, 2.05) is 26.1 Å². The van der Waals surface area contributed by atoms with Crippen molar-refractivity contribution in [2.24, 2.45) is 0 Å². The van der Waals surface area contributed by atoms with Crippen LogP contribution in [0.1, 0.15) is 63.8 Å². The molecule has 1 fully saturated rings. The van der Waals surface area contributed by atoms with Crippen LogP contribution in [0.5, 0.6) is 0 Å². The SMILES string of the molecule is CCCc1ncc2c(n1)COC21CN(C(=O)c2ccc(Cc3c(C)noc3C)o2)C1. The van der Waals surface area contributed by atoms with Crippen LogP contribution in [0.4, 0.5) is 0 Å². The van der Waals surface area contributed by atoms with Crippen molar-refractivity contribution in [1.29, 1.82) is 0 Å². The number of nitrogens with zero attached hydrogens (tertiary/aromatic N) is 4. The summed E-state index contributed by atoms with van der Waals surface area (Å²) in [6.07, 6.45) is 4.29. The summed E-state index contributed by atoms with van der Waals surface area (Å²) in [5.41, 5.74) is 3.29. The zero-order chi connectivity index (χ0) is 20.9. The number of carbonyl (C=O) groups excluding carboxylic acids is 1. The zero-order valence-corrected chi connectivity index (χ0v) is 17.4. The Kier molecular flexibility index (Phi) is 4.47. The van der Waals surface area contributed by atoms with Gasteiger partial charge < -0.3 is 18.6 Å². The number of furan rings is 1. The molecule has 5 heterocycles. The van der Waals surface area contributed by atoms with Crippen molar-refractivity contribution in [2.75, 3.05) is 13.1 Å². The number of rotatable bonds is 5. The molecule has 3 aromatic heterocycles. The van der Waals surface area contributed by atoms with Gasteiger partial charge in [0.2, 0.25) is 0 Å². The van der Waals surface area contributed by atoms with Crippen molar-refractivity contribution in [3.8, 4) is 0 Å². The molecule has 5 rings (SSSR count). The number of hydrogen-bond acceptors (Lipinski definition) is 7. The van der Waals surface area contributed by atoms with E-state index >= 15 is 0 Å². The van der Waals surface area contributed by atoms with Crippen LogP contribution < -0.4 is 0 Å². The van der Waals surface area contributed by atoms with Crippen LogP contribution in [-0.4, -0.2) is 39.0 Å². The standard InChI is InChI=1S/C22H24N4O4/c1-4-5-20-23-9-17-18(24-20)10-28-22(17)11-26(12-22)21(27)19-7-6-15(29-19)8-16-13(2)25-30-14(16)3/h6-7,9H,4-5,8,10-12H2,1-3H3. The van der Waals surface area contributed by atoms with Crippen LogP contribution >= 0.6 is 0 Å². The number of carbonyl (C=O) groups is 1. The van der Waals surface area contributed by atoms with Crippen molar-refractivity contribution in [1.82, 2.24) is 20.0 Å². The van der Waals surface area contributed by atoms with Crippen LogP contribution in [0.2, 0.25) is 0 Å². The molecule has 0 atom stereocenters. The lowest BCUT2D eigenvalue weighted by Gasteiger charge is -2.46. The van der Waals surface area contributed by atoms with Gasteiger partial charge in [0.05, 0.1) is 31.1 Å². The quantitative estimate of drug-likeness (QED) is 0.640. The van der Waals surface area contributed by atoms with Crippen molar-refractivity contribution in [2.45, 2.75) is 52.2 Å². The van der Waals surface area contributed by atoms with E-state index in [0.29, 0.717) is 37.6 Å². The summed E-state index contributed by atoms with van der Waals surface area (Å²) < 4.78 is 17.1. The highest BCUT2D eigenvalue weighted by atomic mass is 16.5. The second kappa shape index (κ2) is 7.05. The summed E-state index contributed by atoms with van der Waals surface area (Å²) in [5.74, 6) is 2.53. The van der Waals surface area contributed by atoms with Crippen LogP contribution in [-0.2, 0) is 29.8 Å². The Morgan fingerprint density at radius 1 is 1.27 bits per heavy atom. The molecule has 2 aliphatic heterocycles. The molecule has 8 heteroatoms. The Balaban J connectivity index is 1.27. The van der Waals surface area contributed by atoms with Gasteiger partial charge in [0, 0.05) is 30.2 Å². The lowest BCUT2D eigenvalue weighted by atomic mass is 9.87. The molecule has 0 aliphatic carbocycles. The molecule has 0 N–H and O–H groups in total. The fourth-order valence-corrected chi connectivity index (χ4v) is 4.23. The second-order valence-corrected chi connectivity index (χ2v) is 8.09. The van der Waals surface area contributed by atoms with Gasteiger partial charge >= 0.3 is 0 Å². The zero-order valence-electron chi connectivity index (χ0n) is 17.4. The highest BCUT2D eigenvalue weighted by Crippen LogP contribution is 2.43. The van der Waals surface area contributed by atoms with Crippen LogP contribution in [0.15, 0.2) is 27.3 Å². The van der Waals surface area contributed by atoms with Gasteiger partial charge in [0.1, 0.15) is 22.9 Å². The largest absolute Gasteiger partial charge is 0.456 e. The van der Waals surface area contributed by atoms with E-state index in [4.69, 9.17) is 13.7 Å². The highest BCUT2D eigenvalue weighted by Gasteiger charge is 2.53. The van der Waals surface area contributed by atoms with Gasteiger partial charge in [-0.3, -0.25) is 4.79 Å². The molecular formula is C22H24N4O4. The van der Waals surface area contributed by atoms with Gasteiger partial charge in [0.25, 0.3) is 5.91 Å². The van der Waals surface area contributed by atoms with E-state index in [2.05, 4.69) is 22.0 Å². The maximum absolute atomic E-state index is 12.9. The van der Waals surface area contributed by atoms with Crippen molar-refractivity contribution in [3.63, 3.8) is 0 Å². The lowest BCUT2D eigenvalue weighted by Crippen LogP contribution is -2.61. The molecule has 0 aromatic carbocycles. The van der Waals surface area contributed by atoms with Gasteiger partial charge in [-0.1, -0.05) is 12.1 Å². The van der Waals surface area contributed by atoms with E-state index in [-0.39, 0.29) is 5.91 Å². The number of aryl methyl sites for hydroxylation is 3. The summed E-state index contributed by atoms with van der Waals surface area (Å²) in [6, 6.07) is 3.56. The minimum Gasteiger partial charge on any atom is -0.456 e. The van der Waals surface area contributed by atoms with Gasteiger partial charge in [0.15, 0.2) is 5.76 Å². The molecule has 1 saturated heterocycles. The predicted octanol–water partition coefficient (Wildman–Crippen LogP) is 3.10. The number of ether oxygens (including phenoxy) is 1. The normalized spacial score (nSPS) is 16.7. The van der Waals surface area contributed by atoms with Gasteiger partial charge in [-0.2, -0.15) is 0 Å². The molecule has 2 aliphatic rings.